The average Bonchev–Trinajstić information content (AvgIpc) is 2.75. The number of hydrogen-bond acceptors (Lipinski definition) is 4. The number of halogens is 2. The monoisotopic (exact) mass is 468 g/mol. The van der Waals surface area contributed by atoms with Gasteiger partial charge in [0.15, 0.2) is 0 Å². The minimum atomic E-state index is -4.43. The molecule has 0 aromatic heterocycles. The van der Waals surface area contributed by atoms with Crippen LogP contribution in [0.2, 0.25) is 5.02 Å². The van der Waals surface area contributed by atoms with Gasteiger partial charge in [-0.2, -0.15) is 4.31 Å². The van der Waals surface area contributed by atoms with Gasteiger partial charge < -0.3 is 10.0 Å². The Morgan fingerprint density at radius 1 is 1.23 bits per heavy atom. The number of amides is 1. The maximum absolute atomic E-state index is 14.7. The number of aryl methyl sites for hydroxylation is 1. The van der Waals surface area contributed by atoms with E-state index in [9.17, 15) is 27.5 Å². The first-order chi connectivity index (χ1) is 14.4. The van der Waals surface area contributed by atoms with Crippen LogP contribution >= 0.6 is 11.6 Å². The number of carbonyl (C=O) groups excluding carboxylic acids is 1. The van der Waals surface area contributed by atoms with Crippen LogP contribution in [0.15, 0.2) is 35.2 Å². The molecule has 0 aliphatic carbocycles. The molecule has 166 valence electrons. The second kappa shape index (κ2) is 8.22. The molecule has 0 saturated carbocycles. The van der Waals surface area contributed by atoms with Crippen LogP contribution < -0.4 is 4.90 Å². The SMILES string of the molecule is Cc1ccc(F)c(C(C)[C@@H](C(=O)O)N2CC(=O)N(C)c3cc(Cl)ccc3S2(=O)=O)c1C. The highest BCUT2D eigenvalue weighted by Crippen LogP contribution is 2.37. The third-order valence-corrected chi connectivity index (χ3v) is 7.87. The van der Waals surface area contributed by atoms with Crippen molar-refractivity contribution in [1.29, 1.82) is 0 Å². The summed E-state index contributed by atoms with van der Waals surface area (Å²) in [6.45, 7) is 4.14. The smallest absolute Gasteiger partial charge is 0.322 e. The lowest BCUT2D eigenvalue weighted by atomic mass is 9.87. The number of likely N-dealkylation sites (N-methyl/N-ethyl adjacent to an activating group) is 1. The fraction of sp³-hybridized carbons (Fsp3) is 0.333. The summed E-state index contributed by atoms with van der Waals surface area (Å²) in [5, 5.41) is 10.2. The second-order valence-corrected chi connectivity index (χ2v) is 9.89. The van der Waals surface area contributed by atoms with Gasteiger partial charge in [0, 0.05) is 18.0 Å². The first-order valence-electron chi connectivity index (χ1n) is 9.44. The number of aliphatic carboxylic acids is 1. The largest absolute Gasteiger partial charge is 0.480 e. The summed E-state index contributed by atoms with van der Waals surface area (Å²) in [4.78, 5) is 26.0. The normalized spacial score (nSPS) is 18.3. The van der Waals surface area contributed by atoms with Crippen LogP contribution in [0.25, 0.3) is 0 Å². The van der Waals surface area contributed by atoms with Gasteiger partial charge in [0.05, 0.1) is 12.2 Å². The summed E-state index contributed by atoms with van der Waals surface area (Å²) >= 11 is 5.98. The predicted molar refractivity (Wildman–Crippen MR) is 114 cm³/mol. The first-order valence-corrected chi connectivity index (χ1v) is 11.3. The van der Waals surface area contributed by atoms with E-state index in [0.29, 0.717) is 9.87 Å². The Hall–Kier alpha value is -2.49. The molecule has 0 radical (unpaired) electrons. The fourth-order valence-corrected chi connectivity index (χ4v) is 5.88. The van der Waals surface area contributed by atoms with Gasteiger partial charge in [-0.25, -0.2) is 12.8 Å². The molecule has 0 spiro atoms. The number of nitrogens with zero attached hydrogens (tertiary/aromatic N) is 2. The van der Waals surface area contributed by atoms with E-state index < -0.39 is 46.2 Å². The van der Waals surface area contributed by atoms with Gasteiger partial charge >= 0.3 is 5.97 Å². The summed E-state index contributed by atoms with van der Waals surface area (Å²) in [6.07, 6.45) is 0. The molecule has 7 nitrogen and oxygen atoms in total. The van der Waals surface area contributed by atoms with Crippen molar-refractivity contribution in [2.45, 2.75) is 37.6 Å². The number of rotatable bonds is 4. The van der Waals surface area contributed by atoms with E-state index in [1.54, 1.807) is 19.9 Å². The zero-order valence-corrected chi connectivity index (χ0v) is 19.0. The van der Waals surface area contributed by atoms with Gasteiger partial charge in [0.2, 0.25) is 15.9 Å². The average molecular weight is 469 g/mol. The molecule has 10 heteroatoms. The van der Waals surface area contributed by atoms with E-state index in [-0.39, 0.29) is 21.2 Å². The van der Waals surface area contributed by atoms with Crippen LogP contribution in [0.5, 0.6) is 0 Å². The highest BCUT2D eigenvalue weighted by atomic mass is 35.5. The Kier molecular flexibility index (Phi) is 6.14. The Labute approximate surface area is 185 Å². The van der Waals surface area contributed by atoms with Gasteiger partial charge in [0.25, 0.3) is 0 Å². The van der Waals surface area contributed by atoms with Gasteiger partial charge in [0.1, 0.15) is 16.8 Å². The molecule has 0 fully saturated rings. The van der Waals surface area contributed by atoms with Gasteiger partial charge in [-0.1, -0.05) is 24.6 Å². The number of carbonyl (C=O) groups is 2. The third kappa shape index (κ3) is 3.93. The number of anilines is 1. The van der Waals surface area contributed by atoms with Crippen molar-refractivity contribution < 1.29 is 27.5 Å². The topological polar surface area (TPSA) is 95.0 Å². The molecule has 2 aromatic carbocycles. The fourth-order valence-electron chi connectivity index (χ4n) is 3.91. The molecular formula is C21H22ClFN2O5S. The molecule has 0 bridgehead atoms. The Morgan fingerprint density at radius 3 is 2.48 bits per heavy atom. The molecule has 1 heterocycles. The standard InChI is InChI=1S/C21H22ClFN2O5S/c1-11-5-7-15(23)19(12(11)2)13(3)20(21(27)28)25-10-18(26)24(4)16-9-14(22)6-8-17(16)31(25,29)30/h5-9,13,20H,10H2,1-4H3,(H,27,28)/t13?,20-/m0/s1. The van der Waals surface area contributed by atoms with Crippen LogP contribution in [-0.2, 0) is 19.6 Å². The second-order valence-electron chi connectivity index (χ2n) is 7.59. The van der Waals surface area contributed by atoms with Crippen LogP contribution in [0.3, 0.4) is 0 Å². The van der Waals surface area contributed by atoms with Crippen molar-refractivity contribution in [3.63, 3.8) is 0 Å². The highest BCUT2D eigenvalue weighted by molar-refractivity contribution is 7.89. The molecule has 1 N–H and O–H groups in total. The van der Waals surface area contributed by atoms with Crippen molar-refractivity contribution in [3.8, 4) is 0 Å². The molecule has 2 atom stereocenters. The quantitative estimate of drug-likeness (QED) is 0.742. The molecule has 1 aliphatic rings. The maximum Gasteiger partial charge on any atom is 0.322 e. The van der Waals surface area contributed by atoms with Crippen LogP contribution in [0.1, 0.15) is 29.5 Å². The van der Waals surface area contributed by atoms with Crippen molar-refractivity contribution in [2.75, 3.05) is 18.5 Å². The van der Waals surface area contributed by atoms with Crippen LogP contribution in [0, 0.1) is 19.7 Å². The lowest BCUT2D eigenvalue weighted by Gasteiger charge is -2.31. The zero-order valence-electron chi connectivity index (χ0n) is 17.4. The number of hydrogen-bond donors (Lipinski definition) is 1. The lowest BCUT2D eigenvalue weighted by Crippen LogP contribution is -2.50. The maximum atomic E-state index is 14.7. The minimum Gasteiger partial charge on any atom is -0.480 e. The third-order valence-electron chi connectivity index (χ3n) is 5.76. The number of benzene rings is 2. The number of carboxylic acid groups (broad SMARTS) is 1. The number of carboxylic acids is 1. The van der Waals surface area contributed by atoms with E-state index in [0.717, 1.165) is 10.5 Å². The first kappa shape index (κ1) is 23.2. The summed E-state index contributed by atoms with van der Waals surface area (Å²) in [6, 6.07) is 5.00. The van der Waals surface area contributed by atoms with Crippen LogP contribution in [-0.4, -0.2) is 49.3 Å². The molecule has 3 rings (SSSR count). The molecule has 1 amide bonds. The Bertz CT molecular complexity index is 1180. The zero-order chi connectivity index (χ0) is 23.2. The van der Waals surface area contributed by atoms with E-state index in [1.807, 2.05) is 0 Å². The predicted octanol–water partition coefficient (Wildman–Crippen LogP) is 3.32. The van der Waals surface area contributed by atoms with E-state index in [4.69, 9.17) is 11.6 Å². The molecule has 1 unspecified atom stereocenters. The van der Waals surface area contributed by atoms with E-state index in [2.05, 4.69) is 0 Å². The molecule has 31 heavy (non-hydrogen) atoms. The summed E-state index contributed by atoms with van der Waals surface area (Å²) in [5.41, 5.74) is 1.42. The van der Waals surface area contributed by atoms with Crippen molar-refractivity contribution in [3.05, 3.63) is 57.9 Å². The van der Waals surface area contributed by atoms with E-state index in [1.165, 1.54) is 38.2 Å². The molecule has 0 saturated heterocycles. The molecule has 1 aliphatic heterocycles. The summed E-state index contributed by atoms with van der Waals surface area (Å²) in [5.74, 6) is -3.82. The van der Waals surface area contributed by atoms with Gasteiger partial charge in [-0.05, 0) is 54.8 Å². The van der Waals surface area contributed by atoms with Crippen LogP contribution in [0.4, 0.5) is 10.1 Å². The van der Waals surface area contributed by atoms with Crippen molar-refractivity contribution >= 4 is 39.2 Å². The lowest BCUT2D eigenvalue weighted by molar-refractivity contribution is -0.142. The Morgan fingerprint density at radius 2 is 1.87 bits per heavy atom. The van der Waals surface area contributed by atoms with Gasteiger partial charge in [-0.15, -0.1) is 0 Å². The highest BCUT2D eigenvalue weighted by Gasteiger charge is 2.45. The minimum absolute atomic E-state index is 0.0507. The number of fused-ring (bicyclic) bond motifs is 1. The van der Waals surface area contributed by atoms with E-state index >= 15 is 0 Å². The van der Waals surface area contributed by atoms with Crippen molar-refractivity contribution in [1.82, 2.24) is 4.31 Å². The molecular weight excluding hydrogens is 447 g/mol. The summed E-state index contributed by atoms with van der Waals surface area (Å²) in [7, 11) is -3.04. The summed E-state index contributed by atoms with van der Waals surface area (Å²) < 4.78 is 42.3. The van der Waals surface area contributed by atoms with Crippen molar-refractivity contribution in [2.24, 2.45) is 0 Å². The van der Waals surface area contributed by atoms with Gasteiger partial charge in [-0.3, -0.25) is 9.59 Å². The molecule has 2 aromatic rings. The number of sulfonamides is 1. The Balaban J connectivity index is 2.22.